The van der Waals surface area contributed by atoms with Gasteiger partial charge in [0.25, 0.3) is 5.91 Å². The molecule has 0 fully saturated rings. The molecule has 0 bridgehead atoms. The average Bonchev–Trinajstić information content (AvgIpc) is 2.65. The van der Waals surface area contributed by atoms with Gasteiger partial charge in [-0.1, -0.05) is 82.9 Å². The Morgan fingerprint density at radius 2 is 1.48 bits per heavy atom. The van der Waals surface area contributed by atoms with E-state index in [1.165, 1.54) is 57.4 Å². The Labute approximate surface area is 165 Å². The largest absolute Gasteiger partial charge is 0.381 e. The molecule has 0 heterocycles. The molecule has 0 aromatic heterocycles. The van der Waals surface area contributed by atoms with Crippen LogP contribution < -0.4 is 10.6 Å². The van der Waals surface area contributed by atoms with E-state index in [0.717, 1.165) is 12.8 Å². The first-order valence-corrected chi connectivity index (χ1v) is 10.6. The summed E-state index contributed by atoms with van der Waals surface area (Å²) in [5, 5.41) is 15.3. The first kappa shape index (κ1) is 25.4. The Balaban J connectivity index is 3.72. The summed E-state index contributed by atoms with van der Waals surface area (Å²) in [5.74, 6) is -0.765. The van der Waals surface area contributed by atoms with Gasteiger partial charge in [-0.25, -0.2) is 0 Å². The molecular formula is C22H40N2O3. The summed E-state index contributed by atoms with van der Waals surface area (Å²) >= 11 is 0. The van der Waals surface area contributed by atoms with Gasteiger partial charge in [0.2, 0.25) is 5.91 Å². The number of hydrogen-bond acceptors (Lipinski definition) is 3. The lowest BCUT2D eigenvalue weighted by Crippen LogP contribution is -2.48. The number of aliphatic hydroxyl groups is 1. The van der Waals surface area contributed by atoms with Crippen molar-refractivity contribution < 1.29 is 14.7 Å². The molecule has 0 aromatic rings. The fraction of sp³-hybridized carbons (Fsp3) is 0.727. The van der Waals surface area contributed by atoms with E-state index in [-0.39, 0.29) is 5.91 Å². The number of hydrogen-bond donors (Lipinski definition) is 3. The fourth-order valence-corrected chi connectivity index (χ4v) is 2.76. The Bertz CT molecular complexity index is 447. The van der Waals surface area contributed by atoms with Crippen LogP contribution in [-0.2, 0) is 9.59 Å². The van der Waals surface area contributed by atoms with Crippen LogP contribution in [0.3, 0.4) is 0 Å². The Hall–Kier alpha value is -1.62. The van der Waals surface area contributed by atoms with Crippen molar-refractivity contribution in [2.45, 2.75) is 97.1 Å². The van der Waals surface area contributed by atoms with Gasteiger partial charge < -0.3 is 15.7 Å². The van der Waals surface area contributed by atoms with E-state index in [0.29, 0.717) is 6.54 Å². The van der Waals surface area contributed by atoms with Crippen LogP contribution in [0.15, 0.2) is 24.3 Å². The van der Waals surface area contributed by atoms with Crippen LogP contribution in [-0.4, -0.2) is 35.6 Å². The Morgan fingerprint density at radius 3 is 2.04 bits per heavy atom. The molecule has 2 amide bonds. The number of nitrogens with one attached hydrogen (secondary N) is 2. The van der Waals surface area contributed by atoms with Crippen molar-refractivity contribution in [3.05, 3.63) is 24.3 Å². The maximum absolute atomic E-state index is 11.9. The quantitative estimate of drug-likeness (QED) is 0.215. The number of carbonyl (C=O) groups is 2. The van der Waals surface area contributed by atoms with Crippen LogP contribution in [0.2, 0.25) is 0 Å². The van der Waals surface area contributed by atoms with E-state index < -0.39 is 18.1 Å². The zero-order valence-corrected chi connectivity index (χ0v) is 17.5. The lowest BCUT2D eigenvalue weighted by Gasteiger charge is -2.19. The summed E-state index contributed by atoms with van der Waals surface area (Å²) in [5.41, 5.74) is 0. The van der Waals surface area contributed by atoms with E-state index in [9.17, 15) is 14.7 Å². The van der Waals surface area contributed by atoms with Crippen LogP contribution in [0.1, 0.15) is 85.0 Å². The molecule has 0 aromatic carbocycles. The average molecular weight is 381 g/mol. The maximum Gasteiger partial charge on any atom is 0.250 e. The summed E-state index contributed by atoms with van der Waals surface area (Å²) in [6.45, 7) is 6.27. The Kier molecular flexibility index (Phi) is 16.7. The van der Waals surface area contributed by atoms with Crippen molar-refractivity contribution in [3.63, 3.8) is 0 Å². The third-order valence-electron chi connectivity index (χ3n) is 4.49. The second-order valence-electron chi connectivity index (χ2n) is 7.10. The number of carbonyl (C=O) groups excluding carboxylic acids is 2. The van der Waals surface area contributed by atoms with Crippen LogP contribution in [0, 0.1) is 0 Å². The van der Waals surface area contributed by atoms with Gasteiger partial charge in [-0.05, 0) is 20.3 Å². The van der Waals surface area contributed by atoms with Crippen molar-refractivity contribution in [3.8, 4) is 0 Å². The first-order chi connectivity index (χ1) is 13.0. The minimum Gasteiger partial charge on any atom is -0.381 e. The second kappa shape index (κ2) is 17.8. The van der Waals surface area contributed by atoms with Crippen LogP contribution >= 0.6 is 0 Å². The number of amides is 2. The fourth-order valence-electron chi connectivity index (χ4n) is 2.76. The molecule has 0 rings (SSSR count). The molecule has 156 valence electrons. The van der Waals surface area contributed by atoms with E-state index in [4.69, 9.17) is 0 Å². The molecule has 0 saturated carbocycles. The van der Waals surface area contributed by atoms with Crippen molar-refractivity contribution >= 4 is 11.8 Å². The first-order valence-electron chi connectivity index (χ1n) is 10.6. The standard InChI is InChI=1S/C22H40N2O3/c1-4-6-8-9-10-11-12-13-14-16-18-23-22(27)21(26)19(3)24-20(25)17-15-7-5-2/h5,7,15,17,19,21,26H,4,6,8-14,16,18H2,1-3H3,(H,23,27)(H,24,25)/b7-5+,17-15+/t19-,21+/m0/s1. The zero-order valence-electron chi connectivity index (χ0n) is 17.5. The lowest BCUT2D eigenvalue weighted by molar-refractivity contribution is -0.131. The molecule has 0 aliphatic carbocycles. The topological polar surface area (TPSA) is 78.4 Å². The molecule has 0 spiro atoms. The molecule has 0 aliphatic heterocycles. The van der Waals surface area contributed by atoms with Crippen LogP contribution in [0.25, 0.3) is 0 Å². The van der Waals surface area contributed by atoms with Gasteiger partial charge in [0.1, 0.15) is 0 Å². The summed E-state index contributed by atoms with van der Waals surface area (Å²) in [6, 6.07) is -0.638. The maximum atomic E-state index is 11.9. The van der Waals surface area contributed by atoms with Crippen molar-refractivity contribution in [2.75, 3.05) is 6.54 Å². The highest BCUT2D eigenvalue weighted by atomic mass is 16.3. The molecule has 5 nitrogen and oxygen atoms in total. The van der Waals surface area contributed by atoms with E-state index in [1.54, 1.807) is 19.1 Å². The molecule has 0 unspecified atom stereocenters. The highest BCUT2D eigenvalue weighted by Gasteiger charge is 2.22. The van der Waals surface area contributed by atoms with Gasteiger partial charge in [-0.15, -0.1) is 0 Å². The minimum absolute atomic E-state index is 0.331. The summed E-state index contributed by atoms with van der Waals surface area (Å²) in [4.78, 5) is 23.6. The SMILES string of the molecule is C/C=C/C=C/C(=O)N[C@@H](C)[C@@H](O)C(=O)NCCCCCCCCCCCC. The zero-order chi connectivity index (χ0) is 20.3. The van der Waals surface area contributed by atoms with Crippen molar-refractivity contribution in [1.82, 2.24) is 10.6 Å². The minimum atomic E-state index is -1.24. The highest BCUT2D eigenvalue weighted by molar-refractivity contribution is 5.89. The smallest absolute Gasteiger partial charge is 0.250 e. The second-order valence-corrected chi connectivity index (χ2v) is 7.10. The monoisotopic (exact) mass is 380 g/mol. The predicted octanol–water partition coefficient (Wildman–Crippen LogP) is 4.02. The summed E-state index contributed by atoms with van der Waals surface area (Å²) < 4.78 is 0. The summed E-state index contributed by atoms with van der Waals surface area (Å²) in [7, 11) is 0. The van der Waals surface area contributed by atoms with Gasteiger partial charge in [0.05, 0.1) is 6.04 Å². The van der Waals surface area contributed by atoms with Gasteiger partial charge in [0, 0.05) is 12.6 Å². The number of unbranched alkanes of at least 4 members (excludes halogenated alkanes) is 9. The third-order valence-corrected chi connectivity index (χ3v) is 4.49. The van der Waals surface area contributed by atoms with Crippen molar-refractivity contribution in [1.29, 1.82) is 0 Å². The Morgan fingerprint density at radius 1 is 0.926 bits per heavy atom. The normalized spacial score (nSPS) is 13.8. The molecule has 3 N–H and O–H groups in total. The predicted molar refractivity (Wildman–Crippen MR) is 112 cm³/mol. The molecule has 27 heavy (non-hydrogen) atoms. The van der Waals surface area contributed by atoms with Gasteiger partial charge >= 0.3 is 0 Å². The van der Waals surface area contributed by atoms with Gasteiger partial charge in [-0.2, -0.15) is 0 Å². The van der Waals surface area contributed by atoms with Crippen LogP contribution in [0.4, 0.5) is 0 Å². The molecule has 2 atom stereocenters. The molecule has 0 saturated heterocycles. The summed E-state index contributed by atoms with van der Waals surface area (Å²) in [6.07, 6.45) is 17.7. The number of allylic oxidation sites excluding steroid dienone is 3. The molecule has 0 aliphatic rings. The van der Waals surface area contributed by atoms with Gasteiger partial charge in [0.15, 0.2) is 6.10 Å². The highest BCUT2D eigenvalue weighted by Crippen LogP contribution is 2.10. The van der Waals surface area contributed by atoms with Crippen LogP contribution in [0.5, 0.6) is 0 Å². The lowest BCUT2D eigenvalue weighted by atomic mass is 10.1. The molecule has 5 heteroatoms. The van der Waals surface area contributed by atoms with E-state index in [2.05, 4.69) is 17.6 Å². The molecule has 0 radical (unpaired) electrons. The van der Waals surface area contributed by atoms with E-state index >= 15 is 0 Å². The number of aliphatic hydroxyl groups excluding tert-OH is 1. The van der Waals surface area contributed by atoms with Gasteiger partial charge in [-0.3, -0.25) is 9.59 Å². The molecular weight excluding hydrogens is 340 g/mol. The van der Waals surface area contributed by atoms with E-state index in [1.807, 2.05) is 13.0 Å². The van der Waals surface area contributed by atoms with Crippen molar-refractivity contribution in [2.24, 2.45) is 0 Å². The number of rotatable bonds is 16. The third kappa shape index (κ3) is 15.2.